The topological polar surface area (TPSA) is 17.8 Å². The Labute approximate surface area is 119 Å². The van der Waals surface area contributed by atoms with E-state index in [1.165, 1.54) is 12.1 Å². The first kappa shape index (κ1) is 12.5. The van der Waals surface area contributed by atoms with Crippen LogP contribution in [0.2, 0.25) is 5.02 Å². The first-order chi connectivity index (χ1) is 9.19. The zero-order valence-electron chi connectivity index (χ0n) is 9.78. The van der Waals surface area contributed by atoms with Gasteiger partial charge in [0, 0.05) is 10.7 Å². The Morgan fingerprint density at radius 2 is 1.84 bits per heavy atom. The summed E-state index contributed by atoms with van der Waals surface area (Å²) in [7, 11) is 0. The van der Waals surface area contributed by atoms with Crippen LogP contribution >= 0.6 is 23.2 Å². The van der Waals surface area contributed by atoms with Gasteiger partial charge in [-0.05, 0) is 42.5 Å². The SMILES string of the molecule is Fc1ccc(-n2c(CCl)nc3cc(Cl)ccc32)cc1. The minimum Gasteiger partial charge on any atom is -0.295 e. The molecule has 1 heterocycles. The van der Waals surface area contributed by atoms with E-state index in [1.807, 2.05) is 10.6 Å². The number of fused-ring (bicyclic) bond motifs is 1. The first-order valence-electron chi connectivity index (χ1n) is 5.68. The molecule has 5 heteroatoms. The summed E-state index contributed by atoms with van der Waals surface area (Å²) in [5.74, 6) is 0.693. The van der Waals surface area contributed by atoms with E-state index in [-0.39, 0.29) is 11.7 Å². The molecule has 0 aliphatic rings. The van der Waals surface area contributed by atoms with E-state index in [1.54, 1.807) is 24.3 Å². The molecule has 0 fully saturated rings. The Bertz CT molecular complexity index is 735. The molecule has 0 aliphatic carbocycles. The Morgan fingerprint density at radius 3 is 2.53 bits per heavy atom. The monoisotopic (exact) mass is 294 g/mol. The van der Waals surface area contributed by atoms with Crippen LogP contribution in [0.4, 0.5) is 4.39 Å². The molecule has 0 radical (unpaired) electrons. The van der Waals surface area contributed by atoms with E-state index in [0.717, 1.165) is 16.7 Å². The molecule has 0 saturated carbocycles. The number of imidazole rings is 1. The van der Waals surface area contributed by atoms with Crippen molar-refractivity contribution in [1.82, 2.24) is 9.55 Å². The lowest BCUT2D eigenvalue weighted by molar-refractivity contribution is 0.627. The number of aromatic nitrogens is 2. The molecule has 0 atom stereocenters. The van der Waals surface area contributed by atoms with Gasteiger partial charge in [0.25, 0.3) is 0 Å². The van der Waals surface area contributed by atoms with Crippen LogP contribution in [-0.4, -0.2) is 9.55 Å². The van der Waals surface area contributed by atoms with Gasteiger partial charge in [0.2, 0.25) is 0 Å². The van der Waals surface area contributed by atoms with Crippen LogP contribution in [0.15, 0.2) is 42.5 Å². The van der Waals surface area contributed by atoms with E-state index in [0.29, 0.717) is 10.8 Å². The van der Waals surface area contributed by atoms with E-state index in [4.69, 9.17) is 23.2 Å². The molecule has 0 unspecified atom stereocenters. The summed E-state index contributed by atoms with van der Waals surface area (Å²) in [5.41, 5.74) is 2.49. The van der Waals surface area contributed by atoms with Crippen molar-refractivity contribution >= 4 is 34.2 Å². The van der Waals surface area contributed by atoms with Gasteiger partial charge in [0.15, 0.2) is 0 Å². The molecule has 1 aromatic heterocycles. The Morgan fingerprint density at radius 1 is 1.11 bits per heavy atom. The third-order valence-electron chi connectivity index (χ3n) is 2.89. The summed E-state index contributed by atoms with van der Waals surface area (Å²) >= 11 is 11.9. The Kier molecular flexibility index (Phi) is 3.17. The normalized spacial score (nSPS) is 11.1. The van der Waals surface area contributed by atoms with Gasteiger partial charge in [0.05, 0.1) is 16.9 Å². The molecule has 96 valence electrons. The fourth-order valence-electron chi connectivity index (χ4n) is 2.07. The lowest BCUT2D eigenvalue weighted by atomic mass is 10.2. The molecule has 2 nitrogen and oxygen atoms in total. The number of alkyl halides is 1. The highest BCUT2D eigenvalue weighted by Gasteiger charge is 2.11. The highest BCUT2D eigenvalue weighted by atomic mass is 35.5. The number of rotatable bonds is 2. The number of hydrogen-bond donors (Lipinski definition) is 0. The molecule has 0 bridgehead atoms. The Hall–Kier alpha value is -1.58. The number of hydrogen-bond acceptors (Lipinski definition) is 1. The van der Waals surface area contributed by atoms with Crippen molar-refractivity contribution in [2.24, 2.45) is 0 Å². The first-order valence-corrected chi connectivity index (χ1v) is 6.59. The second-order valence-corrected chi connectivity index (χ2v) is 4.81. The van der Waals surface area contributed by atoms with E-state index in [2.05, 4.69) is 4.98 Å². The Balaban J connectivity index is 2.29. The summed E-state index contributed by atoms with van der Waals surface area (Å²) < 4.78 is 14.9. The van der Waals surface area contributed by atoms with Gasteiger partial charge in [-0.25, -0.2) is 9.37 Å². The molecule has 2 aromatic carbocycles. The standard InChI is InChI=1S/C14H9Cl2FN2/c15-8-14-18-12-7-9(16)1-6-13(12)19(14)11-4-2-10(17)3-5-11/h1-7H,8H2. The second-order valence-electron chi connectivity index (χ2n) is 4.11. The highest BCUT2D eigenvalue weighted by molar-refractivity contribution is 6.31. The predicted molar refractivity (Wildman–Crippen MR) is 75.6 cm³/mol. The quantitative estimate of drug-likeness (QED) is 0.634. The molecule has 0 spiro atoms. The zero-order chi connectivity index (χ0) is 13.4. The van der Waals surface area contributed by atoms with Crippen LogP contribution < -0.4 is 0 Å². The summed E-state index contributed by atoms with van der Waals surface area (Å²) in [6, 6.07) is 11.7. The third kappa shape index (κ3) is 2.20. The van der Waals surface area contributed by atoms with Crippen molar-refractivity contribution in [1.29, 1.82) is 0 Å². The number of benzene rings is 2. The van der Waals surface area contributed by atoms with Gasteiger partial charge in [-0.3, -0.25) is 4.57 Å². The minimum atomic E-state index is -0.274. The minimum absolute atomic E-state index is 0.268. The largest absolute Gasteiger partial charge is 0.295 e. The van der Waals surface area contributed by atoms with E-state index < -0.39 is 0 Å². The van der Waals surface area contributed by atoms with Crippen LogP contribution in [0.3, 0.4) is 0 Å². The second kappa shape index (κ2) is 4.83. The van der Waals surface area contributed by atoms with Crippen molar-refractivity contribution in [3.63, 3.8) is 0 Å². The molecule has 0 amide bonds. The maximum absolute atomic E-state index is 13.0. The summed E-state index contributed by atoms with van der Waals surface area (Å²) in [5, 5.41) is 0.623. The average Bonchev–Trinajstić information content (AvgIpc) is 2.77. The van der Waals surface area contributed by atoms with Crippen LogP contribution in [-0.2, 0) is 5.88 Å². The molecular weight excluding hydrogens is 286 g/mol. The van der Waals surface area contributed by atoms with E-state index >= 15 is 0 Å². The third-order valence-corrected chi connectivity index (χ3v) is 3.36. The van der Waals surface area contributed by atoms with Gasteiger partial charge in [-0.1, -0.05) is 11.6 Å². The summed E-state index contributed by atoms with van der Waals surface area (Å²) in [6.45, 7) is 0. The van der Waals surface area contributed by atoms with Crippen molar-refractivity contribution in [3.8, 4) is 5.69 Å². The molecule has 0 saturated heterocycles. The molecule has 3 aromatic rings. The number of halogens is 3. The molecule has 19 heavy (non-hydrogen) atoms. The molecule has 0 aliphatic heterocycles. The van der Waals surface area contributed by atoms with Gasteiger partial charge < -0.3 is 0 Å². The van der Waals surface area contributed by atoms with Crippen molar-refractivity contribution in [3.05, 3.63) is 59.1 Å². The van der Waals surface area contributed by atoms with Gasteiger partial charge in [-0.15, -0.1) is 11.6 Å². The lowest BCUT2D eigenvalue weighted by Gasteiger charge is -2.07. The maximum Gasteiger partial charge on any atom is 0.129 e. The summed E-state index contributed by atoms with van der Waals surface area (Å²) in [6.07, 6.45) is 0. The average molecular weight is 295 g/mol. The van der Waals surface area contributed by atoms with Crippen LogP contribution in [0, 0.1) is 5.82 Å². The smallest absolute Gasteiger partial charge is 0.129 e. The van der Waals surface area contributed by atoms with Crippen molar-refractivity contribution < 1.29 is 4.39 Å². The van der Waals surface area contributed by atoms with Crippen LogP contribution in [0.5, 0.6) is 0 Å². The van der Waals surface area contributed by atoms with Crippen LogP contribution in [0.1, 0.15) is 5.82 Å². The van der Waals surface area contributed by atoms with E-state index in [9.17, 15) is 4.39 Å². The van der Waals surface area contributed by atoms with Crippen molar-refractivity contribution in [2.75, 3.05) is 0 Å². The molecule has 0 N–H and O–H groups in total. The van der Waals surface area contributed by atoms with Crippen LogP contribution in [0.25, 0.3) is 16.7 Å². The highest BCUT2D eigenvalue weighted by Crippen LogP contribution is 2.25. The fourth-order valence-corrected chi connectivity index (χ4v) is 2.42. The summed E-state index contributed by atoms with van der Waals surface area (Å²) in [4.78, 5) is 4.44. The zero-order valence-corrected chi connectivity index (χ0v) is 11.3. The number of nitrogens with zero attached hydrogens (tertiary/aromatic N) is 2. The maximum atomic E-state index is 13.0. The molecular formula is C14H9Cl2FN2. The lowest BCUT2D eigenvalue weighted by Crippen LogP contribution is -1.99. The van der Waals surface area contributed by atoms with Crippen molar-refractivity contribution in [2.45, 2.75) is 5.88 Å². The van der Waals surface area contributed by atoms with Gasteiger partial charge >= 0.3 is 0 Å². The van der Waals surface area contributed by atoms with Gasteiger partial charge in [-0.2, -0.15) is 0 Å². The fraction of sp³-hybridized carbons (Fsp3) is 0.0714. The predicted octanol–water partition coefficient (Wildman–Crippen LogP) is 4.56. The van der Waals surface area contributed by atoms with Gasteiger partial charge in [0.1, 0.15) is 11.6 Å². The molecule has 3 rings (SSSR count).